The van der Waals surface area contributed by atoms with E-state index >= 15 is 0 Å². The van der Waals surface area contributed by atoms with Gasteiger partial charge in [0.25, 0.3) is 5.91 Å². The van der Waals surface area contributed by atoms with Crippen molar-refractivity contribution >= 4 is 5.91 Å². The van der Waals surface area contributed by atoms with E-state index in [1.165, 1.54) is 0 Å². The van der Waals surface area contributed by atoms with Crippen LogP contribution in [0.15, 0.2) is 24.3 Å². The molecule has 0 radical (unpaired) electrons. The van der Waals surface area contributed by atoms with Gasteiger partial charge in [-0.25, -0.2) is 0 Å². The van der Waals surface area contributed by atoms with E-state index in [1.54, 1.807) is 26.2 Å². The highest BCUT2D eigenvalue weighted by Gasteiger charge is 2.19. The molecular formula is C15H21NO4. The van der Waals surface area contributed by atoms with Crippen molar-refractivity contribution in [3.63, 3.8) is 0 Å². The zero-order chi connectivity index (χ0) is 14.4. The van der Waals surface area contributed by atoms with Crippen LogP contribution in [0.4, 0.5) is 0 Å². The molecule has 1 aromatic rings. The van der Waals surface area contributed by atoms with E-state index in [4.69, 9.17) is 14.2 Å². The highest BCUT2D eigenvalue weighted by Crippen LogP contribution is 2.20. The first-order chi connectivity index (χ1) is 9.69. The van der Waals surface area contributed by atoms with Gasteiger partial charge in [0.1, 0.15) is 11.5 Å². The standard InChI is InChI=1S/C15H21NO4/c1-11(15(17)16-10-14-7-4-8-19-14)20-13-6-3-5-12(9-13)18-2/h3,5-6,9,11,14H,4,7-8,10H2,1-2H3,(H,16,17)/t11-,14-/m0/s1. The fraction of sp³-hybridized carbons (Fsp3) is 0.533. The van der Waals surface area contributed by atoms with Gasteiger partial charge in [-0.05, 0) is 31.9 Å². The molecule has 0 aromatic heterocycles. The third-order valence-electron chi connectivity index (χ3n) is 3.25. The van der Waals surface area contributed by atoms with Gasteiger partial charge in [-0.3, -0.25) is 4.79 Å². The number of methoxy groups -OCH3 is 1. The lowest BCUT2D eigenvalue weighted by molar-refractivity contribution is -0.127. The van der Waals surface area contributed by atoms with Gasteiger partial charge in [-0.15, -0.1) is 0 Å². The number of nitrogens with one attached hydrogen (secondary N) is 1. The number of benzene rings is 1. The van der Waals surface area contributed by atoms with Gasteiger partial charge >= 0.3 is 0 Å². The number of carbonyl (C=O) groups is 1. The number of hydrogen-bond donors (Lipinski definition) is 1. The lowest BCUT2D eigenvalue weighted by Gasteiger charge is -2.16. The zero-order valence-corrected chi connectivity index (χ0v) is 11.9. The fourth-order valence-electron chi connectivity index (χ4n) is 2.10. The zero-order valence-electron chi connectivity index (χ0n) is 11.9. The summed E-state index contributed by atoms with van der Waals surface area (Å²) in [6, 6.07) is 7.20. The molecule has 1 aliphatic rings. The Bertz CT molecular complexity index is 443. The predicted octanol–water partition coefficient (Wildman–Crippen LogP) is 1.76. The van der Waals surface area contributed by atoms with E-state index < -0.39 is 6.10 Å². The van der Waals surface area contributed by atoms with Crippen molar-refractivity contribution < 1.29 is 19.0 Å². The van der Waals surface area contributed by atoms with Gasteiger partial charge < -0.3 is 19.5 Å². The molecule has 5 nitrogen and oxygen atoms in total. The summed E-state index contributed by atoms with van der Waals surface area (Å²) >= 11 is 0. The Labute approximate surface area is 119 Å². The van der Waals surface area contributed by atoms with Gasteiger partial charge in [0.15, 0.2) is 6.10 Å². The van der Waals surface area contributed by atoms with E-state index in [1.807, 2.05) is 12.1 Å². The van der Waals surface area contributed by atoms with Crippen molar-refractivity contribution in [3.05, 3.63) is 24.3 Å². The molecule has 1 saturated heterocycles. The molecule has 2 rings (SSSR count). The highest BCUT2D eigenvalue weighted by atomic mass is 16.5. The first-order valence-corrected chi connectivity index (χ1v) is 6.89. The second-order valence-corrected chi connectivity index (χ2v) is 4.82. The van der Waals surface area contributed by atoms with Gasteiger partial charge in [0, 0.05) is 19.2 Å². The Kier molecular flexibility index (Phi) is 5.24. The summed E-state index contributed by atoms with van der Waals surface area (Å²) in [5.41, 5.74) is 0. The Morgan fingerprint density at radius 3 is 3.00 bits per heavy atom. The van der Waals surface area contributed by atoms with Crippen molar-refractivity contribution in [1.82, 2.24) is 5.32 Å². The number of rotatable bonds is 6. The largest absolute Gasteiger partial charge is 0.497 e. The van der Waals surface area contributed by atoms with Crippen molar-refractivity contribution in [3.8, 4) is 11.5 Å². The maximum absolute atomic E-state index is 11.9. The summed E-state index contributed by atoms with van der Waals surface area (Å²) in [6.07, 6.45) is 1.66. The second kappa shape index (κ2) is 7.14. The minimum atomic E-state index is -0.552. The Hall–Kier alpha value is -1.75. The monoisotopic (exact) mass is 279 g/mol. The molecule has 110 valence electrons. The van der Waals surface area contributed by atoms with Crippen LogP contribution in [-0.2, 0) is 9.53 Å². The maximum Gasteiger partial charge on any atom is 0.260 e. The summed E-state index contributed by atoms with van der Waals surface area (Å²) in [5.74, 6) is 1.18. The predicted molar refractivity (Wildman–Crippen MR) is 75.1 cm³/mol. The van der Waals surface area contributed by atoms with E-state index in [2.05, 4.69) is 5.32 Å². The minimum absolute atomic E-state index is 0.136. The second-order valence-electron chi connectivity index (χ2n) is 4.82. The van der Waals surface area contributed by atoms with E-state index in [0.29, 0.717) is 18.0 Å². The van der Waals surface area contributed by atoms with Gasteiger partial charge in [-0.1, -0.05) is 6.07 Å². The maximum atomic E-state index is 11.9. The third-order valence-corrected chi connectivity index (χ3v) is 3.25. The molecule has 1 amide bonds. The molecule has 5 heteroatoms. The topological polar surface area (TPSA) is 56.8 Å². The molecule has 0 aliphatic carbocycles. The van der Waals surface area contributed by atoms with Crippen LogP contribution in [0, 0.1) is 0 Å². The Balaban J connectivity index is 1.80. The molecule has 0 saturated carbocycles. The molecule has 1 fully saturated rings. The molecule has 0 spiro atoms. The molecule has 2 atom stereocenters. The fourth-order valence-corrected chi connectivity index (χ4v) is 2.10. The number of ether oxygens (including phenoxy) is 3. The van der Waals surface area contributed by atoms with Crippen molar-refractivity contribution in [2.75, 3.05) is 20.3 Å². The quantitative estimate of drug-likeness (QED) is 0.862. The Morgan fingerprint density at radius 1 is 1.50 bits per heavy atom. The smallest absolute Gasteiger partial charge is 0.260 e. The van der Waals surface area contributed by atoms with Crippen molar-refractivity contribution in [1.29, 1.82) is 0 Å². The van der Waals surface area contributed by atoms with E-state index in [-0.39, 0.29) is 12.0 Å². The average Bonchev–Trinajstić information content (AvgIpc) is 2.98. The first kappa shape index (κ1) is 14.7. The molecule has 0 bridgehead atoms. The molecule has 1 aliphatic heterocycles. The molecular weight excluding hydrogens is 258 g/mol. The van der Waals surface area contributed by atoms with E-state index in [9.17, 15) is 4.79 Å². The SMILES string of the molecule is COc1cccc(O[C@@H](C)C(=O)NC[C@@H]2CCCO2)c1. The lowest BCUT2D eigenvalue weighted by Crippen LogP contribution is -2.40. The number of hydrogen-bond acceptors (Lipinski definition) is 4. The minimum Gasteiger partial charge on any atom is -0.497 e. The van der Waals surface area contributed by atoms with Crippen molar-refractivity contribution in [2.45, 2.75) is 32.0 Å². The van der Waals surface area contributed by atoms with Gasteiger partial charge in [0.2, 0.25) is 0 Å². The molecule has 0 unspecified atom stereocenters. The Morgan fingerprint density at radius 2 is 2.30 bits per heavy atom. The van der Waals surface area contributed by atoms with E-state index in [0.717, 1.165) is 19.4 Å². The average molecular weight is 279 g/mol. The van der Waals surface area contributed by atoms with Crippen LogP contribution >= 0.6 is 0 Å². The molecule has 1 heterocycles. The highest BCUT2D eigenvalue weighted by molar-refractivity contribution is 5.80. The van der Waals surface area contributed by atoms with Crippen molar-refractivity contribution in [2.24, 2.45) is 0 Å². The summed E-state index contributed by atoms with van der Waals surface area (Å²) in [5, 5.41) is 2.85. The van der Waals surface area contributed by atoms with Gasteiger partial charge in [-0.2, -0.15) is 0 Å². The van der Waals surface area contributed by atoms with Crippen LogP contribution in [-0.4, -0.2) is 38.4 Å². The van der Waals surface area contributed by atoms with Crippen LogP contribution in [0.1, 0.15) is 19.8 Å². The van der Waals surface area contributed by atoms with Crippen LogP contribution in [0.5, 0.6) is 11.5 Å². The van der Waals surface area contributed by atoms with Crippen LogP contribution in [0.2, 0.25) is 0 Å². The third kappa shape index (κ3) is 4.13. The summed E-state index contributed by atoms with van der Waals surface area (Å²) in [4.78, 5) is 11.9. The van der Waals surface area contributed by atoms with Gasteiger partial charge in [0.05, 0.1) is 13.2 Å². The van der Waals surface area contributed by atoms with Crippen LogP contribution in [0.3, 0.4) is 0 Å². The van der Waals surface area contributed by atoms with Crippen LogP contribution in [0.25, 0.3) is 0 Å². The molecule has 20 heavy (non-hydrogen) atoms. The number of carbonyl (C=O) groups excluding carboxylic acids is 1. The summed E-state index contributed by atoms with van der Waals surface area (Å²) in [7, 11) is 1.59. The summed E-state index contributed by atoms with van der Waals surface area (Å²) < 4.78 is 16.2. The lowest BCUT2D eigenvalue weighted by atomic mass is 10.2. The van der Waals surface area contributed by atoms with Crippen LogP contribution < -0.4 is 14.8 Å². The molecule has 1 N–H and O–H groups in total. The molecule has 1 aromatic carbocycles. The summed E-state index contributed by atoms with van der Waals surface area (Å²) in [6.45, 7) is 3.06. The first-order valence-electron chi connectivity index (χ1n) is 6.89. The number of amides is 1. The normalized spacial score (nSPS) is 19.4.